The van der Waals surface area contributed by atoms with Gasteiger partial charge in [0.1, 0.15) is 0 Å². The van der Waals surface area contributed by atoms with E-state index in [1.54, 1.807) is 6.92 Å². The molecule has 0 amide bonds. The number of benzene rings is 1. The minimum absolute atomic E-state index is 0.00492. The Morgan fingerprint density at radius 2 is 1.89 bits per heavy atom. The molecule has 0 aliphatic rings. The molecule has 1 rings (SSSR count). The topological polar surface area (TPSA) is 69.6 Å². The van der Waals surface area contributed by atoms with Gasteiger partial charge in [-0.1, -0.05) is 37.3 Å². The highest BCUT2D eigenvalue weighted by atomic mass is 32.2. The zero-order chi connectivity index (χ0) is 14.5. The number of hydrogen-bond donors (Lipinski definition) is 2. The average Bonchev–Trinajstić information content (AvgIpc) is 2.38. The SMILES string of the molecule is CCC(C)(O)CNS(=O)(=O)N(C)Cc1ccccc1. The van der Waals surface area contributed by atoms with E-state index in [1.807, 2.05) is 37.3 Å². The molecule has 1 aromatic rings. The van der Waals surface area contributed by atoms with Crippen LogP contribution in [0.15, 0.2) is 30.3 Å². The largest absolute Gasteiger partial charge is 0.389 e. The molecule has 0 aromatic heterocycles. The molecule has 0 saturated carbocycles. The van der Waals surface area contributed by atoms with Gasteiger partial charge in [-0.05, 0) is 18.9 Å². The van der Waals surface area contributed by atoms with Gasteiger partial charge in [-0.2, -0.15) is 17.4 Å². The van der Waals surface area contributed by atoms with Crippen LogP contribution in [0.5, 0.6) is 0 Å². The summed E-state index contributed by atoms with van der Waals surface area (Å²) < 4.78 is 27.7. The molecule has 1 aromatic carbocycles. The number of nitrogens with zero attached hydrogens (tertiary/aromatic N) is 1. The van der Waals surface area contributed by atoms with Crippen molar-refractivity contribution in [3.05, 3.63) is 35.9 Å². The van der Waals surface area contributed by atoms with Crippen molar-refractivity contribution in [1.29, 1.82) is 0 Å². The molecule has 0 radical (unpaired) electrons. The lowest BCUT2D eigenvalue weighted by atomic mass is 10.1. The average molecular weight is 286 g/mol. The molecule has 1 unspecified atom stereocenters. The van der Waals surface area contributed by atoms with Gasteiger partial charge in [-0.25, -0.2) is 0 Å². The van der Waals surface area contributed by atoms with Crippen LogP contribution < -0.4 is 4.72 Å². The van der Waals surface area contributed by atoms with E-state index in [9.17, 15) is 13.5 Å². The first-order valence-corrected chi connectivity index (χ1v) is 7.68. The summed E-state index contributed by atoms with van der Waals surface area (Å²) in [4.78, 5) is 0. The smallest absolute Gasteiger partial charge is 0.279 e. The normalized spacial score (nSPS) is 15.4. The third-order valence-electron chi connectivity index (χ3n) is 3.06. The van der Waals surface area contributed by atoms with Crippen molar-refractivity contribution in [2.45, 2.75) is 32.4 Å². The summed E-state index contributed by atoms with van der Waals surface area (Å²) in [5.74, 6) is 0. The fourth-order valence-electron chi connectivity index (χ4n) is 1.41. The maximum atomic E-state index is 12.0. The summed E-state index contributed by atoms with van der Waals surface area (Å²) >= 11 is 0. The zero-order valence-corrected chi connectivity index (χ0v) is 12.4. The van der Waals surface area contributed by atoms with Gasteiger partial charge in [0.2, 0.25) is 0 Å². The van der Waals surface area contributed by atoms with Gasteiger partial charge in [0.25, 0.3) is 10.2 Å². The van der Waals surface area contributed by atoms with E-state index >= 15 is 0 Å². The van der Waals surface area contributed by atoms with E-state index in [2.05, 4.69) is 4.72 Å². The molecule has 0 aliphatic heterocycles. The Hall–Kier alpha value is -0.950. The molecule has 0 bridgehead atoms. The molecule has 2 N–H and O–H groups in total. The van der Waals surface area contributed by atoms with E-state index < -0.39 is 15.8 Å². The van der Waals surface area contributed by atoms with Crippen LogP contribution in [0.25, 0.3) is 0 Å². The Morgan fingerprint density at radius 1 is 1.32 bits per heavy atom. The second kappa shape index (κ2) is 6.47. The molecule has 19 heavy (non-hydrogen) atoms. The molecule has 0 spiro atoms. The van der Waals surface area contributed by atoms with E-state index in [4.69, 9.17) is 0 Å². The van der Waals surface area contributed by atoms with Crippen molar-refractivity contribution in [1.82, 2.24) is 9.03 Å². The Balaban J connectivity index is 2.62. The lowest BCUT2D eigenvalue weighted by Crippen LogP contribution is -2.45. The minimum atomic E-state index is -3.58. The van der Waals surface area contributed by atoms with Gasteiger partial charge >= 0.3 is 0 Å². The second-order valence-electron chi connectivity index (χ2n) is 4.92. The number of aliphatic hydroxyl groups is 1. The zero-order valence-electron chi connectivity index (χ0n) is 11.6. The highest BCUT2D eigenvalue weighted by molar-refractivity contribution is 7.87. The monoisotopic (exact) mass is 286 g/mol. The molecular weight excluding hydrogens is 264 g/mol. The summed E-state index contributed by atoms with van der Waals surface area (Å²) in [6.07, 6.45) is 0.484. The highest BCUT2D eigenvalue weighted by Crippen LogP contribution is 2.09. The highest BCUT2D eigenvalue weighted by Gasteiger charge is 2.23. The van der Waals surface area contributed by atoms with Crippen LogP contribution in [-0.2, 0) is 16.8 Å². The van der Waals surface area contributed by atoms with E-state index in [-0.39, 0.29) is 6.54 Å². The molecule has 108 valence electrons. The number of rotatable bonds is 7. The fourth-order valence-corrected chi connectivity index (χ4v) is 2.44. The van der Waals surface area contributed by atoms with Gasteiger partial charge in [0.15, 0.2) is 0 Å². The van der Waals surface area contributed by atoms with Crippen LogP contribution in [0.3, 0.4) is 0 Å². The van der Waals surface area contributed by atoms with Crippen LogP contribution in [0.4, 0.5) is 0 Å². The van der Waals surface area contributed by atoms with Crippen LogP contribution >= 0.6 is 0 Å². The number of hydrogen-bond acceptors (Lipinski definition) is 3. The maximum Gasteiger partial charge on any atom is 0.279 e. The first kappa shape index (κ1) is 16.1. The summed E-state index contributed by atoms with van der Waals surface area (Å²) in [6.45, 7) is 3.71. The van der Waals surface area contributed by atoms with Gasteiger partial charge in [0, 0.05) is 20.1 Å². The van der Waals surface area contributed by atoms with Crippen molar-refractivity contribution in [2.75, 3.05) is 13.6 Å². The van der Waals surface area contributed by atoms with Crippen LogP contribution in [0.2, 0.25) is 0 Å². The summed E-state index contributed by atoms with van der Waals surface area (Å²) in [7, 11) is -2.07. The van der Waals surface area contributed by atoms with Gasteiger partial charge in [0.05, 0.1) is 5.60 Å². The maximum absolute atomic E-state index is 12.0. The lowest BCUT2D eigenvalue weighted by molar-refractivity contribution is 0.0609. The molecular formula is C13H22N2O3S. The van der Waals surface area contributed by atoms with Gasteiger partial charge < -0.3 is 5.11 Å². The summed E-state index contributed by atoms with van der Waals surface area (Å²) in [5.41, 5.74) is -0.113. The fraction of sp³-hybridized carbons (Fsp3) is 0.538. The van der Waals surface area contributed by atoms with Crippen LogP contribution in [0, 0.1) is 0 Å². The van der Waals surface area contributed by atoms with Crippen molar-refractivity contribution in [2.24, 2.45) is 0 Å². The van der Waals surface area contributed by atoms with E-state index in [0.29, 0.717) is 13.0 Å². The molecule has 6 heteroatoms. The molecule has 0 saturated heterocycles. The first-order chi connectivity index (χ1) is 8.77. The minimum Gasteiger partial charge on any atom is -0.389 e. The molecule has 0 aliphatic carbocycles. The predicted molar refractivity (Wildman–Crippen MR) is 75.7 cm³/mol. The molecule has 1 atom stereocenters. The van der Waals surface area contributed by atoms with E-state index in [0.717, 1.165) is 5.56 Å². The third-order valence-corrected chi connectivity index (χ3v) is 4.51. The quantitative estimate of drug-likeness (QED) is 0.789. The first-order valence-electron chi connectivity index (χ1n) is 6.24. The third kappa shape index (κ3) is 5.28. The molecule has 5 nitrogen and oxygen atoms in total. The summed E-state index contributed by atoms with van der Waals surface area (Å²) in [5, 5.41) is 9.81. The van der Waals surface area contributed by atoms with Gasteiger partial charge in [-0.3, -0.25) is 0 Å². The predicted octanol–water partition coefficient (Wildman–Crippen LogP) is 1.11. The Kier molecular flexibility index (Phi) is 5.49. The van der Waals surface area contributed by atoms with Gasteiger partial charge in [-0.15, -0.1) is 0 Å². The van der Waals surface area contributed by atoms with Crippen molar-refractivity contribution < 1.29 is 13.5 Å². The van der Waals surface area contributed by atoms with Crippen molar-refractivity contribution in [3.63, 3.8) is 0 Å². The van der Waals surface area contributed by atoms with Crippen LogP contribution in [-0.4, -0.2) is 37.0 Å². The second-order valence-corrected chi connectivity index (χ2v) is 6.78. The Bertz CT molecular complexity index is 486. The lowest BCUT2D eigenvalue weighted by Gasteiger charge is -2.24. The Morgan fingerprint density at radius 3 is 2.42 bits per heavy atom. The summed E-state index contributed by atoms with van der Waals surface area (Å²) in [6, 6.07) is 9.35. The van der Waals surface area contributed by atoms with Crippen molar-refractivity contribution >= 4 is 10.2 Å². The number of nitrogens with one attached hydrogen (secondary N) is 1. The van der Waals surface area contributed by atoms with Crippen molar-refractivity contribution in [3.8, 4) is 0 Å². The Labute approximate surface area is 115 Å². The molecule has 0 fully saturated rings. The van der Waals surface area contributed by atoms with E-state index in [1.165, 1.54) is 11.4 Å². The standard InChI is InChI=1S/C13H22N2O3S/c1-4-13(2,16)11-14-19(17,18)15(3)10-12-8-6-5-7-9-12/h5-9,14,16H,4,10-11H2,1-3H3. The van der Waals surface area contributed by atoms with Crippen LogP contribution in [0.1, 0.15) is 25.8 Å². The molecule has 0 heterocycles.